The molecule has 1 atom stereocenters. The SMILES string of the molecule is O=C(O)C1CCN(C(Cc2ccccn2)c2ccccc2Br)CC1. The van der Waals surface area contributed by atoms with Crippen LogP contribution in [0.1, 0.15) is 30.1 Å². The van der Waals surface area contributed by atoms with E-state index < -0.39 is 5.97 Å². The predicted molar refractivity (Wildman–Crippen MR) is 96.8 cm³/mol. The van der Waals surface area contributed by atoms with Gasteiger partial charge in [0.05, 0.1) is 5.92 Å². The highest BCUT2D eigenvalue weighted by molar-refractivity contribution is 9.10. The van der Waals surface area contributed by atoms with Gasteiger partial charge in [0.2, 0.25) is 0 Å². The highest BCUT2D eigenvalue weighted by Gasteiger charge is 2.30. The Kier molecular flexibility index (Phi) is 5.63. The van der Waals surface area contributed by atoms with Crippen molar-refractivity contribution in [3.63, 3.8) is 0 Å². The summed E-state index contributed by atoms with van der Waals surface area (Å²) in [6, 6.07) is 14.5. The zero-order chi connectivity index (χ0) is 16.9. The van der Waals surface area contributed by atoms with Crippen LogP contribution in [0.25, 0.3) is 0 Å². The van der Waals surface area contributed by atoms with Crippen molar-refractivity contribution in [2.24, 2.45) is 5.92 Å². The maximum atomic E-state index is 11.2. The Balaban J connectivity index is 1.83. The van der Waals surface area contributed by atoms with E-state index in [2.05, 4.69) is 44.0 Å². The van der Waals surface area contributed by atoms with E-state index in [1.807, 2.05) is 30.5 Å². The van der Waals surface area contributed by atoms with E-state index in [0.717, 1.165) is 29.7 Å². The van der Waals surface area contributed by atoms with Crippen molar-refractivity contribution < 1.29 is 9.90 Å². The van der Waals surface area contributed by atoms with Crippen LogP contribution in [-0.2, 0) is 11.2 Å². The first kappa shape index (κ1) is 17.1. The smallest absolute Gasteiger partial charge is 0.306 e. The molecule has 2 aromatic rings. The molecule has 1 saturated heterocycles. The van der Waals surface area contributed by atoms with Gasteiger partial charge in [-0.1, -0.05) is 40.2 Å². The van der Waals surface area contributed by atoms with Crippen LogP contribution in [-0.4, -0.2) is 34.0 Å². The number of carboxylic acids is 1. The molecule has 1 unspecified atom stereocenters. The van der Waals surface area contributed by atoms with Crippen molar-refractivity contribution in [3.05, 3.63) is 64.4 Å². The van der Waals surface area contributed by atoms with Gasteiger partial charge >= 0.3 is 5.97 Å². The van der Waals surface area contributed by atoms with Gasteiger partial charge in [-0.3, -0.25) is 14.7 Å². The van der Waals surface area contributed by atoms with Gasteiger partial charge in [0.1, 0.15) is 0 Å². The van der Waals surface area contributed by atoms with Crippen LogP contribution in [0.4, 0.5) is 0 Å². The second kappa shape index (κ2) is 7.90. The molecule has 0 aliphatic carbocycles. The normalized spacial score (nSPS) is 17.5. The fraction of sp³-hybridized carbons (Fsp3) is 0.368. The fourth-order valence-electron chi connectivity index (χ4n) is 3.36. The second-order valence-corrected chi connectivity index (χ2v) is 7.07. The summed E-state index contributed by atoms with van der Waals surface area (Å²) < 4.78 is 1.09. The Morgan fingerprint density at radius 2 is 1.92 bits per heavy atom. The standard InChI is InChI=1S/C19H21BrN2O2/c20-17-7-2-1-6-16(17)18(13-15-5-3-4-10-21-15)22-11-8-14(9-12-22)19(23)24/h1-7,10,14,18H,8-9,11-13H2,(H,23,24). The predicted octanol–water partition coefficient (Wildman–Crippen LogP) is 3.92. The average Bonchev–Trinajstić information content (AvgIpc) is 2.61. The highest BCUT2D eigenvalue weighted by atomic mass is 79.9. The van der Waals surface area contributed by atoms with Gasteiger partial charge in [-0.2, -0.15) is 0 Å². The molecule has 1 N–H and O–H groups in total. The minimum absolute atomic E-state index is 0.199. The van der Waals surface area contributed by atoms with E-state index in [9.17, 15) is 9.90 Å². The fourth-order valence-corrected chi connectivity index (χ4v) is 3.91. The first-order valence-electron chi connectivity index (χ1n) is 8.26. The van der Waals surface area contributed by atoms with E-state index in [1.54, 1.807) is 0 Å². The lowest BCUT2D eigenvalue weighted by Crippen LogP contribution is -2.39. The van der Waals surface area contributed by atoms with Gasteiger partial charge in [0, 0.05) is 28.8 Å². The summed E-state index contributed by atoms with van der Waals surface area (Å²) in [5.41, 5.74) is 2.29. The summed E-state index contributed by atoms with van der Waals surface area (Å²) in [6.07, 6.45) is 4.06. The van der Waals surface area contributed by atoms with Crippen molar-refractivity contribution in [2.75, 3.05) is 13.1 Å². The molecule has 0 amide bonds. The van der Waals surface area contributed by atoms with Crippen molar-refractivity contribution in [1.82, 2.24) is 9.88 Å². The topological polar surface area (TPSA) is 53.4 Å². The molecule has 1 aromatic heterocycles. The van der Waals surface area contributed by atoms with Gasteiger partial charge in [-0.25, -0.2) is 0 Å². The maximum Gasteiger partial charge on any atom is 0.306 e. The Hall–Kier alpha value is -1.72. The van der Waals surface area contributed by atoms with Gasteiger partial charge in [-0.15, -0.1) is 0 Å². The van der Waals surface area contributed by atoms with Crippen molar-refractivity contribution in [1.29, 1.82) is 0 Å². The van der Waals surface area contributed by atoms with Crippen LogP contribution >= 0.6 is 15.9 Å². The van der Waals surface area contributed by atoms with Crippen LogP contribution in [0.3, 0.4) is 0 Å². The van der Waals surface area contributed by atoms with Gasteiger partial charge < -0.3 is 5.11 Å². The summed E-state index contributed by atoms with van der Waals surface area (Å²) in [5.74, 6) is -0.882. The molecule has 0 bridgehead atoms. The number of aromatic nitrogens is 1. The van der Waals surface area contributed by atoms with Gasteiger partial charge in [-0.05, 0) is 49.7 Å². The minimum atomic E-state index is -0.670. The third-order valence-electron chi connectivity index (χ3n) is 4.71. The highest BCUT2D eigenvalue weighted by Crippen LogP contribution is 2.33. The number of nitrogens with zero attached hydrogens (tertiary/aromatic N) is 2. The number of benzene rings is 1. The first-order valence-corrected chi connectivity index (χ1v) is 9.05. The van der Waals surface area contributed by atoms with Crippen LogP contribution in [0.15, 0.2) is 53.1 Å². The summed E-state index contributed by atoms with van der Waals surface area (Å²) in [7, 11) is 0. The van der Waals surface area contributed by atoms with Gasteiger partial charge in [0.15, 0.2) is 0 Å². The van der Waals surface area contributed by atoms with E-state index in [4.69, 9.17) is 0 Å². The molecule has 0 saturated carbocycles. The van der Waals surface area contributed by atoms with E-state index in [0.29, 0.717) is 12.8 Å². The number of hydrogen-bond donors (Lipinski definition) is 1. The number of carboxylic acid groups (broad SMARTS) is 1. The lowest BCUT2D eigenvalue weighted by Gasteiger charge is -2.37. The quantitative estimate of drug-likeness (QED) is 0.842. The molecule has 24 heavy (non-hydrogen) atoms. The molecule has 0 spiro atoms. The molecule has 1 aromatic carbocycles. The largest absolute Gasteiger partial charge is 0.481 e. The Morgan fingerprint density at radius 1 is 1.21 bits per heavy atom. The van der Waals surface area contributed by atoms with Crippen LogP contribution in [0.2, 0.25) is 0 Å². The van der Waals surface area contributed by atoms with Crippen molar-refractivity contribution >= 4 is 21.9 Å². The lowest BCUT2D eigenvalue weighted by molar-refractivity contribution is -0.143. The van der Waals surface area contributed by atoms with Crippen LogP contribution in [0.5, 0.6) is 0 Å². The zero-order valence-electron chi connectivity index (χ0n) is 13.4. The number of carbonyl (C=O) groups is 1. The number of rotatable bonds is 5. The number of aliphatic carboxylic acids is 1. The molecule has 3 rings (SSSR count). The van der Waals surface area contributed by atoms with Gasteiger partial charge in [0.25, 0.3) is 0 Å². The average molecular weight is 389 g/mol. The maximum absolute atomic E-state index is 11.2. The minimum Gasteiger partial charge on any atom is -0.481 e. The lowest BCUT2D eigenvalue weighted by atomic mass is 9.92. The van der Waals surface area contributed by atoms with Crippen molar-refractivity contribution in [3.8, 4) is 0 Å². The molecule has 0 radical (unpaired) electrons. The first-order chi connectivity index (χ1) is 11.6. The van der Waals surface area contributed by atoms with Crippen LogP contribution in [0, 0.1) is 5.92 Å². The molecule has 1 fully saturated rings. The molecule has 1 aliphatic rings. The number of hydrogen-bond acceptors (Lipinski definition) is 3. The Labute approximate surface area is 150 Å². The van der Waals surface area contributed by atoms with E-state index in [-0.39, 0.29) is 12.0 Å². The van der Waals surface area contributed by atoms with E-state index >= 15 is 0 Å². The summed E-state index contributed by atoms with van der Waals surface area (Å²) in [5, 5.41) is 9.22. The molecule has 2 heterocycles. The third-order valence-corrected chi connectivity index (χ3v) is 5.43. The zero-order valence-corrected chi connectivity index (χ0v) is 15.0. The molecule has 126 valence electrons. The molecule has 5 heteroatoms. The summed E-state index contributed by atoms with van der Waals surface area (Å²) >= 11 is 3.67. The van der Waals surface area contributed by atoms with E-state index in [1.165, 1.54) is 5.56 Å². The second-order valence-electron chi connectivity index (χ2n) is 6.21. The molecule has 1 aliphatic heterocycles. The molecule has 4 nitrogen and oxygen atoms in total. The summed E-state index contributed by atoms with van der Waals surface area (Å²) in [6.45, 7) is 1.60. The number of likely N-dealkylation sites (tertiary alicyclic amines) is 1. The van der Waals surface area contributed by atoms with Crippen molar-refractivity contribution in [2.45, 2.75) is 25.3 Å². The molecular formula is C19H21BrN2O2. The Morgan fingerprint density at radius 3 is 2.54 bits per heavy atom. The third kappa shape index (κ3) is 4.02. The van der Waals surface area contributed by atoms with Crippen LogP contribution < -0.4 is 0 Å². The summed E-state index contributed by atoms with van der Waals surface area (Å²) in [4.78, 5) is 18.1. The number of halogens is 1. The number of piperidine rings is 1. The molecular weight excluding hydrogens is 368 g/mol. The monoisotopic (exact) mass is 388 g/mol. The number of pyridine rings is 1. The Bertz CT molecular complexity index is 685.